The van der Waals surface area contributed by atoms with Crippen molar-refractivity contribution in [3.8, 4) is 23.7 Å². The van der Waals surface area contributed by atoms with E-state index in [1.54, 1.807) is 24.3 Å². The Morgan fingerprint density at radius 2 is 1.26 bits per heavy atom. The number of unbranched alkanes of at least 4 members (excludes halogenated alkanes) is 2. The molecule has 0 aromatic carbocycles. The molecule has 0 aliphatic rings. The Morgan fingerprint density at radius 1 is 0.815 bits per heavy atom. The number of rotatable bonds is 4. The Labute approximate surface area is 157 Å². The van der Waals surface area contributed by atoms with Crippen molar-refractivity contribution in [3.63, 3.8) is 0 Å². The summed E-state index contributed by atoms with van der Waals surface area (Å²) in [4.78, 5) is 30.8. The largest absolute Gasteiger partial charge is 0.465 e. The van der Waals surface area contributed by atoms with Gasteiger partial charge in [-0.2, -0.15) is 0 Å². The summed E-state index contributed by atoms with van der Waals surface area (Å²) in [7, 11) is 2.65. The van der Waals surface area contributed by atoms with Crippen LogP contribution in [0.25, 0.3) is 0 Å². The molecule has 0 N–H and O–H groups in total. The first-order valence-electron chi connectivity index (χ1n) is 8.20. The van der Waals surface area contributed by atoms with E-state index in [0.29, 0.717) is 35.4 Å². The van der Waals surface area contributed by atoms with Crippen LogP contribution in [0.1, 0.15) is 51.4 Å². The number of carbonyl (C=O) groups is 2. The van der Waals surface area contributed by atoms with E-state index < -0.39 is 11.9 Å². The van der Waals surface area contributed by atoms with Gasteiger partial charge in [0.15, 0.2) is 0 Å². The van der Waals surface area contributed by atoms with Gasteiger partial charge in [0.1, 0.15) is 11.4 Å². The Hall–Kier alpha value is -3.64. The van der Waals surface area contributed by atoms with Gasteiger partial charge in [-0.1, -0.05) is 11.8 Å². The summed E-state index contributed by atoms with van der Waals surface area (Å²) in [6.07, 6.45) is 5.08. The van der Waals surface area contributed by atoms with Crippen molar-refractivity contribution in [1.29, 1.82) is 0 Å². The van der Waals surface area contributed by atoms with Crippen LogP contribution >= 0.6 is 0 Å². The number of carbonyl (C=O) groups excluding carboxylic acids is 2. The number of aromatic nitrogens is 2. The van der Waals surface area contributed by atoms with Gasteiger partial charge in [0.05, 0.1) is 25.3 Å². The lowest BCUT2D eigenvalue weighted by Gasteiger charge is -1.97. The highest BCUT2D eigenvalue weighted by Crippen LogP contribution is 2.03. The third-order valence-electron chi connectivity index (χ3n) is 3.41. The predicted octanol–water partition coefficient (Wildman–Crippen LogP) is 2.62. The first kappa shape index (κ1) is 19.7. The van der Waals surface area contributed by atoms with Gasteiger partial charge in [0.25, 0.3) is 0 Å². The van der Waals surface area contributed by atoms with E-state index in [9.17, 15) is 9.59 Å². The second-order valence-corrected chi connectivity index (χ2v) is 5.30. The molecule has 27 heavy (non-hydrogen) atoms. The summed E-state index contributed by atoms with van der Waals surface area (Å²) >= 11 is 0. The van der Waals surface area contributed by atoms with Gasteiger partial charge < -0.3 is 9.47 Å². The standard InChI is InChI=1S/C21H18N2O4/c1-26-20(24)16-10-12-18(22-14-16)8-6-4-3-5-7-9-19-13-11-17(15-23-19)21(25)27-2/h10-15H,3-5H2,1-2H3. The number of methoxy groups -OCH3 is 2. The maximum Gasteiger partial charge on any atom is 0.339 e. The van der Waals surface area contributed by atoms with Gasteiger partial charge in [-0.3, -0.25) is 0 Å². The van der Waals surface area contributed by atoms with Crippen LogP contribution in [0.2, 0.25) is 0 Å². The molecule has 0 aliphatic heterocycles. The van der Waals surface area contributed by atoms with Crippen molar-refractivity contribution < 1.29 is 19.1 Å². The summed E-state index contributed by atoms with van der Waals surface area (Å²) in [5.74, 6) is 11.1. The summed E-state index contributed by atoms with van der Waals surface area (Å²) in [5.41, 5.74) is 1.99. The van der Waals surface area contributed by atoms with E-state index >= 15 is 0 Å². The first-order valence-corrected chi connectivity index (χ1v) is 8.20. The van der Waals surface area contributed by atoms with Gasteiger partial charge in [-0.05, 0) is 42.5 Å². The Kier molecular flexibility index (Phi) is 7.56. The average molecular weight is 362 g/mol. The zero-order chi connectivity index (χ0) is 19.5. The molecule has 0 spiro atoms. The Morgan fingerprint density at radius 3 is 1.59 bits per heavy atom. The quantitative estimate of drug-likeness (QED) is 0.473. The molecule has 136 valence electrons. The Balaban J connectivity index is 1.77. The molecule has 2 rings (SSSR count). The minimum absolute atomic E-state index is 0.395. The molecule has 6 heteroatoms. The molecule has 2 aromatic rings. The van der Waals surface area contributed by atoms with Crippen LogP contribution in [0.5, 0.6) is 0 Å². The molecule has 0 radical (unpaired) electrons. The van der Waals surface area contributed by atoms with Crippen molar-refractivity contribution in [1.82, 2.24) is 9.97 Å². The molecular formula is C21H18N2O4. The van der Waals surface area contributed by atoms with Crippen molar-refractivity contribution in [3.05, 3.63) is 59.2 Å². The van der Waals surface area contributed by atoms with Crippen molar-refractivity contribution >= 4 is 11.9 Å². The fourth-order valence-corrected chi connectivity index (χ4v) is 1.98. The number of esters is 2. The molecule has 6 nitrogen and oxygen atoms in total. The molecule has 0 bridgehead atoms. The third kappa shape index (κ3) is 6.30. The minimum atomic E-state index is -0.421. The first-order chi connectivity index (χ1) is 13.1. The van der Waals surface area contributed by atoms with Crippen LogP contribution in [-0.2, 0) is 9.47 Å². The monoisotopic (exact) mass is 362 g/mol. The predicted molar refractivity (Wildman–Crippen MR) is 98.8 cm³/mol. The van der Waals surface area contributed by atoms with Crippen LogP contribution in [0.3, 0.4) is 0 Å². The number of hydrogen-bond donors (Lipinski definition) is 0. The van der Waals surface area contributed by atoms with E-state index in [-0.39, 0.29) is 0 Å². The summed E-state index contributed by atoms with van der Waals surface area (Å²) < 4.78 is 9.23. The molecule has 0 unspecified atom stereocenters. The second-order valence-electron chi connectivity index (χ2n) is 5.30. The fraction of sp³-hybridized carbons (Fsp3) is 0.238. The van der Waals surface area contributed by atoms with E-state index in [2.05, 4.69) is 43.1 Å². The SMILES string of the molecule is COC(=O)c1ccc(C#CCCCC#Cc2ccc(C(=O)OC)cn2)nc1. The molecule has 0 fully saturated rings. The van der Waals surface area contributed by atoms with E-state index in [0.717, 1.165) is 6.42 Å². The van der Waals surface area contributed by atoms with Gasteiger partial charge in [0.2, 0.25) is 0 Å². The molecule has 0 aliphatic carbocycles. The van der Waals surface area contributed by atoms with Crippen LogP contribution < -0.4 is 0 Å². The van der Waals surface area contributed by atoms with Gasteiger partial charge >= 0.3 is 11.9 Å². The average Bonchev–Trinajstić information content (AvgIpc) is 2.72. The highest BCUT2D eigenvalue weighted by molar-refractivity contribution is 5.89. The number of pyridine rings is 2. The molecule has 0 saturated heterocycles. The van der Waals surface area contributed by atoms with Crippen molar-refractivity contribution in [2.24, 2.45) is 0 Å². The normalized spacial score (nSPS) is 9.26. The van der Waals surface area contributed by atoms with E-state index in [4.69, 9.17) is 0 Å². The molecular weight excluding hydrogens is 344 g/mol. The minimum Gasteiger partial charge on any atom is -0.465 e. The number of hydrogen-bond acceptors (Lipinski definition) is 6. The number of ether oxygens (including phenoxy) is 2. The van der Waals surface area contributed by atoms with Crippen LogP contribution in [0.15, 0.2) is 36.7 Å². The maximum absolute atomic E-state index is 11.3. The van der Waals surface area contributed by atoms with Gasteiger partial charge in [0, 0.05) is 25.2 Å². The molecule has 0 atom stereocenters. The molecule has 2 aromatic heterocycles. The summed E-state index contributed by atoms with van der Waals surface area (Å²) in [6, 6.07) is 6.63. The smallest absolute Gasteiger partial charge is 0.339 e. The van der Waals surface area contributed by atoms with Crippen LogP contribution in [-0.4, -0.2) is 36.1 Å². The summed E-state index contributed by atoms with van der Waals surface area (Å²) in [6.45, 7) is 0. The van der Waals surface area contributed by atoms with Crippen LogP contribution in [0, 0.1) is 23.7 Å². The number of nitrogens with zero attached hydrogens (tertiary/aromatic N) is 2. The zero-order valence-electron chi connectivity index (χ0n) is 15.1. The van der Waals surface area contributed by atoms with Gasteiger partial charge in [-0.15, -0.1) is 0 Å². The molecule has 0 saturated carbocycles. The lowest BCUT2D eigenvalue weighted by atomic mass is 10.2. The fourth-order valence-electron chi connectivity index (χ4n) is 1.98. The molecule has 2 heterocycles. The lowest BCUT2D eigenvalue weighted by molar-refractivity contribution is 0.0591. The maximum atomic E-state index is 11.3. The van der Waals surface area contributed by atoms with Crippen molar-refractivity contribution in [2.45, 2.75) is 19.3 Å². The molecule has 0 amide bonds. The van der Waals surface area contributed by atoms with E-state index in [1.165, 1.54) is 26.6 Å². The second kappa shape index (κ2) is 10.4. The Bertz CT molecular complexity index is 834. The zero-order valence-corrected chi connectivity index (χ0v) is 15.1. The van der Waals surface area contributed by atoms with Gasteiger partial charge in [-0.25, -0.2) is 19.6 Å². The third-order valence-corrected chi connectivity index (χ3v) is 3.41. The van der Waals surface area contributed by atoms with Crippen molar-refractivity contribution in [2.75, 3.05) is 14.2 Å². The summed E-state index contributed by atoms with van der Waals surface area (Å²) in [5, 5.41) is 0. The van der Waals surface area contributed by atoms with E-state index in [1.807, 2.05) is 0 Å². The van der Waals surface area contributed by atoms with Crippen LogP contribution in [0.4, 0.5) is 0 Å². The topological polar surface area (TPSA) is 78.4 Å². The lowest BCUT2D eigenvalue weighted by Crippen LogP contribution is -2.01. The highest BCUT2D eigenvalue weighted by Gasteiger charge is 2.04. The highest BCUT2D eigenvalue weighted by atomic mass is 16.5.